The molecule has 2 N–H and O–H groups in total. The van der Waals surface area contributed by atoms with E-state index >= 15 is 0 Å². The summed E-state index contributed by atoms with van der Waals surface area (Å²) in [7, 11) is 0. The number of fused-ring (bicyclic) bond motifs is 1. The van der Waals surface area contributed by atoms with E-state index in [9.17, 15) is 22.7 Å². The molecular weight excluding hydrogens is 434 g/mol. The second-order valence-corrected chi connectivity index (χ2v) is 8.88. The Balaban J connectivity index is 1.90. The first kappa shape index (κ1) is 22.9. The third kappa shape index (κ3) is 4.35. The van der Waals surface area contributed by atoms with Crippen molar-refractivity contribution in [1.82, 2.24) is 15.0 Å². The number of rotatable bonds is 6. The van der Waals surface area contributed by atoms with Gasteiger partial charge in [-0.1, -0.05) is 56.3 Å². The van der Waals surface area contributed by atoms with E-state index in [1.807, 2.05) is 0 Å². The van der Waals surface area contributed by atoms with Crippen LogP contribution in [0.4, 0.5) is 17.6 Å². The molecule has 0 radical (unpaired) electrons. The molecule has 0 aliphatic heterocycles. The van der Waals surface area contributed by atoms with Gasteiger partial charge in [-0.2, -0.15) is 13.2 Å². The van der Waals surface area contributed by atoms with Gasteiger partial charge < -0.3 is 10.1 Å². The lowest BCUT2D eigenvalue weighted by Crippen LogP contribution is -2.53. The second-order valence-electron chi connectivity index (χ2n) is 8.88. The van der Waals surface area contributed by atoms with Gasteiger partial charge in [0.2, 0.25) is 0 Å². The van der Waals surface area contributed by atoms with Gasteiger partial charge in [0, 0.05) is 5.69 Å². The summed E-state index contributed by atoms with van der Waals surface area (Å²) in [4.78, 5) is 11.0. The van der Waals surface area contributed by atoms with Crippen molar-refractivity contribution in [2.75, 3.05) is 0 Å². The highest BCUT2D eigenvalue weighted by Crippen LogP contribution is 2.51. The summed E-state index contributed by atoms with van der Waals surface area (Å²) in [5.74, 6) is -2.04. The van der Waals surface area contributed by atoms with Crippen LogP contribution < -0.4 is 0 Å². The molecule has 2 heterocycles. The van der Waals surface area contributed by atoms with Crippen LogP contribution in [0.15, 0.2) is 73.2 Å². The van der Waals surface area contributed by atoms with Crippen LogP contribution >= 0.6 is 0 Å². The van der Waals surface area contributed by atoms with Crippen molar-refractivity contribution in [2.24, 2.45) is 0 Å². The quantitative estimate of drug-likeness (QED) is 0.355. The number of halogens is 4. The summed E-state index contributed by atoms with van der Waals surface area (Å²) >= 11 is 0. The highest BCUT2D eigenvalue weighted by molar-refractivity contribution is 5.75. The number of nitrogens with zero attached hydrogens (tertiary/aromatic N) is 2. The van der Waals surface area contributed by atoms with Gasteiger partial charge in [0.05, 0.1) is 23.1 Å². The summed E-state index contributed by atoms with van der Waals surface area (Å²) in [6.07, 6.45) is -2.92. The summed E-state index contributed by atoms with van der Waals surface area (Å²) < 4.78 is 58.1. The Morgan fingerprint density at radius 3 is 2.36 bits per heavy atom. The van der Waals surface area contributed by atoms with Crippen LogP contribution in [0.2, 0.25) is 0 Å². The van der Waals surface area contributed by atoms with E-state index in [1.54, 1.807) is 50.2 Å². The van der Waals surface area contributed by atoms with E-state index < -0.39 is 35.3 Å². The lowest BCUT2D eigenvalue weighted by atomic mass is 9.68. The van der Waals surface area contributed by atoms with Crippen LogP contribution in [0.5, 0.6) is 0 Å². The number of nitrogens with one attached hydrogen (secondary N) is 1. The Morgan fingerprint density at radius 2 is 1.73 bits per heavy atom. The largest absolute Gasteiger partial charge is 0.418 e. The fourth-order valence-corrected chi connectivity index (χ4v) is 4.45. The summed E-state index contributed by atoms with van der Waals surface area (Å²) in [5.41, 5.74) is -2.68. The lowest BCUT2D eigenvalue weighted by molar-refractivity contribution is -0.272. The van der Waals surface area contributed by atoms with Crippen molar-refractivity contribution in [3.05, 3.63) is 95.8 Å². The van der Waals surface area contributed by atoms with Crippen molar-refractivity contribution in [3.63, 3.8) is 0 Å². The molecule has 0 aliphatic carbocycles. The van der Waals surface area contributed by atoms with E-state index in [0.717, 1.165) is 0 Å². The van der Waals surface area contributed by atoms with E-state index in [2.05, 4.69) is 15.0 Å². The zero-order chi connectivity index (χ0) is 23.9. The molecule has 0 aliphatic rings. The number of alkyl halides is 3. The molecule has 4 nitrogen and oxygen atoms in total. The average Bonchev–Trinajstić information content (AvgIpc) is 3.17. The van der Waals surface area contributed by atoms with E-state index in [-0.39, 0.29) is 11.3 Å². The molecule has 4 aromatic rings. The Morgan fingerprint density at radius 1 is 1.00 bits per heavy atom. The molecule has 0 spiro atoms. The first-order valence-corrected chi connectivity index (χ1v) is 10.4. The van der Waals surface area contributed by atoms with Gasteiger partial charge in [0.25, 0.3) is 0 Å². The molecule has 2 aromatic heterocycles. The minimum absolute atomic E-state index is 0.159. The second kappa shape index (κ2) is 8.26. The fourth-order valence-electron chi connectivity index (χ4n) is 4.45. The normalized spacial score (nSPS) is 15.4. The van der Waals surface area contributed by atoms with Gasteiger partial charge in [-0.25, -0.2) is 14.4 Å². The third-order valence-corrected chi connectivity index (χ3v) is 6.04. The molecule has 0 saturated heterocycles. The smallest absolute Gasteiger partial charge is 0.380 e. The summed E-state index contributed by atoms with van der Waals surface area (Å²) in [5, 5.41) is 11.5. The minimum Gasteiger partial charge on any atom is -0.380 e. The van der Waals surface area contributed by atoms with Crippen LogP contribution in [-0.4, -0.2) is 31.8 Å². The van der Waals surface area contributed by atoms with Crippen LogP contribution in [-0.2, 0) is 5.41 Å². The van der Waals surface area contributed by atoms with E-state index in [4.69, 9.17) is 0 Å². The number of aromatic amines is 1. The predicted octanol–water partition coefficient (Wildman–Crippen LogP) is 5.89. The van der Waals surface area contributed by atoms with Gasteiger partial charge in [0.1, 0.15) is 12.1 Å². The average molecular weight is 457 g/mol. The van der Waals surface area contributed by atoms with Crippen LogP contribution in [0.3, 0.4) is 0 Å². The van der Waals surface area contributed by atoms with Crippen molar-refractivity contribution in [2.45, 2.75) is 43.4 Å². The zero-order valence-electron chi connectivity index (χ0n) is 18.1. The Labute approximate surface area is 188 Å². The number of aromatic nitrogens is 3. The zero-order valence-corrected chi connectivity index (χ0v) is 18.1. The summed E-state index contributed by atoms with van der Waals surface area (Å²) in [6, 6.07) is 15.0. The Hall–Kier alpha value is -3.26. The van der Waals surface area contributed by atoms with Gasteiger partial charge in [0.15, 0.2) is 5.60 Å². The molecule has 2 atom stereocenters. The predicted molar refractivity (Wildman–Crippen MR) is 117 cm³/mol. The first-order valence-electron chi connectivity index (χ1n) is 10.4. The SMILES string of the molecule is CC(C)(CC(O)(C(c1ccccc1)c1cc2ncncc2[nH]1)C(F)(F)F)c1cccc(F)c1. The highest BCUT2D eigenvalue weighted by atomic mass is 19.4. The van der Waals surface area contributed by atoms with Gasteiger partial charge in [-0.15, -0.1) is 0 Å². The molecule has 2 aromatic carbocycles. The number of hydrogen-bond donors (Lipinski definition) is 2. The van der Waals surface area contributed by atoms with E-state index in [1.165, 1.54) is 36.8 Å². The van der Waals surface area contributed by atoms with Crippen molar-refractivity contribution in [3.8, 4) is 0 Å². The standard InChI is InChI=1S/C25H23F4N3O/c1-23(2,17-9-6-10-18(26)11-17)14-24(33,25(27,28)29)22(16-7-4-3-5-8-16)20-12-19-21(32-20)13-30-15-31-19/h3-13,15,22,32-33H,14H2,1-2H3. The summed E-state index contributed by atoms with van der Waals surface area (Å²) in [6.45, 7) is 3.13. The molecule has 172 valence electrons. The van der Waals surface area contributed by atoms with Crippen molar-refractivity contribution in [1.29, 1.82) is 0 Å². The number of aliphatic hydroxyl groups is 1. The number of benzene rings is 2. The van der Waals surface area contributed by atoms with Gasteiger partial charge >= 0.3 is 6.18 Å². The minimum atomic E-state index is -5.00. The molecule has 0 bridgehead atoms. The van der Waals surface area contributed by atoms with Crippen molar-refractivity contribution >= 4 is 11.0 Å². The molecule has 4 rings (SSSR count). The number of hydrogen-bond acceptors (Lipinski definition) is 3. The number of H-pyrrole nitrogens is 1. The third-order valence-electron chi connectivity index (χ3n) is 6.04. The molecule has 2 unspecified atom stereocenters. The molecule has 33 heavy (non-hydrogen) atoms. The maximum absolute atomic E-state index is 14.7. The molecule has 8 heteroatoms. The molecule has 0 saturated carbocycles. The van der Waals surface area contributed by atoms with Crippen molar-refractivity contribution < 1.29 is 22.7 Å². The highest BCUT2D eigenvalue weighted by Gasteiger charge is 2.61. The molecule has 0 fully saturated rings. The Bertz CT molecular complexity index is 1220. The monoisotopic (exact) mass is 457 g/mol. The maximum atomic E-state index is 14.7. The topological polar surface area (TPSA) is 61.8 Å². The molecular formula is C25H23F4N3O. The fraction of sp³-hybridized carbons (Fsp3) is 0.280. The van der Waals surface area contributed by atoms with Gasteiger partial charge in [-0.05, 0) is 41.2 Å². The van der Waals surface area contributed by atoms with E-state index in [0.29, 0.717) is 16.6 Å². The lowest BCUT2D eigenvalue weighted by Gasteiger charge is -2.42. The Kier molecular flexibility index (Phi) is 5.74. The van der Waals surface area contributed by atoms with Crippen LogP contribution in [0.25, 0.3) is 11.0 Å². The van der Waals surface area contributed by atoms with Crippen LogP contribution in [0, 0.1) is 5.82 Å². The van der Waals surface area contributed by atoms with Gasteiger partial charge in [-0.3, -0.25) is 0 Å². The first-order chi connectivity index (χ1) is 15.5. The molecule has 0 amide bonds. The maximum Gasteiger partial charge on any atom is 0.418 e. The van der Waals surface area contributed by atoms with Crippen LogP contribution in [0.1, 0.15) is 43.0 Å².